The third-order valence-electron chi connectivity index (χ3n) is 3.13. The van der Waals surface area contributed by atoms with E-state index < -0.39 is 15.7 Å². The van der Waals surface area contributed by atoms with Gasteiger partial charge in [-0.3, -0.25) is 0 Å². The highest BCUT2D eigenvalue weighted by Crippen LogP contribution is 2.41. The van der Waals surface area contributed by atoms with Gasteiger partial charge in [-0.2, -0.15) is 0 Å². The molecule has 0 aliphatic carbocycles. The Kier molecular flexibility index (Phi) is 8.05. The van der Waals surface area contributed by atoms with Gasteiger partial charge in [-0.15, -0.1) is 0 Å². The minimum atomic E-state index is -1.88. The highest BCUT2D eigenvalue weighted by atomic mass is 35.6. The normalized spacial score (nSPS) is 13.7. The van der Waals surface area contributed by atoms with Crippen LogP contribution < -0.4 is 5.30 Å². The molecule has 4 nitrogen and oxygen atoms in total. The van der Waals surface area contributed by atoms with Gasteiger partial charge < -0.3 is 4.52 Å². The summed E-state index contributed by atoms with van der Waals surface area (Å²) in [7, 11) is -0.664. The van der Waals surface area contributed by atoms with E-state index in [0.29, 0.717) is 12.2 Å². The summed E-state index contributed by atoms with van der Waals surface area (Å²) in [5.41, 5.74) is 0.671. The Balaban J connectivity index is 2.47. The highest BCUT2D eigenvalue weighted by Gasteiger charge is 2.34. The van der Waals surface area contributed by atoms with Gasteiger partial charge in [-0.1, -0.05) is 101 Å². The molecular weight excluding hydrogens is 482 g/mol. The molecule has 1 unspecified atom stereocenters. The van der Waals surface area contributed by atoms with Crippen molar-refractivity contribution in [3.8, 4) is 11.4 Å². The van der Waals surface area contributed by atoms with Crippen LogP contribution in [0, 0.1) is 0 Å². The van der Waals surface area contributed by atoms with Gasteiger partial charge in [0, 0.05) is 17.5 Å². The molecule has 0 N–H and O–H groups in total. The second-order valence-corrected chi connectivity index (χ2v) is 11.7. The Hall–Kier alpha value is 0.360. The molecule has 1 aromatic carbocycles. The standard InChI is InChI=1S/C15H14Cl6N3OP/c1-3-25-26(4-2)10-7-5-9(6-8-10)11-22-12(14(16,17)18)24-13(23-11)15(19,20)21/h5-8H,3-4H2,1-2H3. The van der Waals surface area contributed by atoms with Crippen molar-refractivity contribution in [2.45, 2.75) is 21.4 Å². The highest BCUT2D eigenvalue weighted by molar-refractivity contribution is 7.60. The molecule has 0 amide bonds. The van der Waals surface area contributed by atoms with Crippen molar-refractivity contribution in [1.29, 1.82) is 0 Å². The third-order valence-corrected chi connectivity index (χ3v) is 6.16. The smallest absolute Gasteiger partial charge is 0.250 e. The maximum atomic E-state index is 5.90. The number of aromatic nitrogens is 3. The second-order valence-electron chi connectivity index (χ2n) is 4.96. The van der Waals surface area contributed by atoms with E-state index in [0.717, 1.165) is 11.5 Å². The molecule has 1 aromatic heterocycles. The molecule has 0 bridgehead atoms. The number of hydrogen-bond donors (Lipinski definition) is 0. The minimum Gasteiger partial charge on any atom is -0.355 e. The van der Waals surface area contributed by atoms with E-state index in [1.54, 1.807) is 0 Å². The van der Waals surface area contributed by atoms with Crippen LogP contribution in [0.3, 0.4) is 0 Å². The summed E-state index contributed by atoms with van der Waals surface area (Å²) in [6, 6.07) is 7.60. The Morgan fingerprint density at radius 1 is 0.846 bits per heavy atom. The average Bonchev–Trinajstić information content (AvgIpc) is 2.58. The van der Waals surface area contributed by atoms with Crippen molar-refractivity contribution >= 4 is 83.1 Å². The molecule has 1 atom stereocenters. The van der Waals surface area contributed by atoms with Crippen molar-refractivity contribution in [3.63, 3.8) is 0 Å². The molecular formula is C15H14Cl6N3OP. The lowest BCUT2D eigenvalue weighted by Gasteiger charge is -2.17. The van der Waals surface area contributed by atoms with Crippen LogP contribution in [0.4, 0.5) is 0 Å². The lowest BCUT2D eigenvalue weighted by atomic mass is 10.2. The molecule has 0 saturated heterocycles. The number of nitrogens with zero attached hydrogens (tertiary/aromatic N) is 3. The molecule has 26 heavy (non-hydrogen) atoms. The van der Waals surface area contributed by atoms with Crippen LogP contribution in [0.2, 0.25) is 0 Å². The predicted molar refractivity (Wildman–Crippen MR) is 112 cm³/mol. The summed E-state index contributed by atoms with van der Waals surface area (Å²) in [4.78, 5) is 12.4. The quantitative estimate of drug-likeness (QED) is 0.362. The zero-order valence-corrected chi connectivity index (χ0v) is 19.1. The van der Waals surface area contributed by atoms with E-state index in [-0.39, 0.29) is 17.5 Å². The first-order chi connectivity index (χ1) is 12.1. The van der Waals surface area contributed by atoms with Crippen LogP contribution in [0.25, 0.3) is 11.4 Å². The SMILES string of the molecule is CCOP(CC)c1ccc(-c2nc(C(Cl)(Cl)Cl)nc(C(Cl)(Cl)Cl)n2)cc1. The predicted octanol–water partition coefficient (Wildman–Crippen LogP) is 6.27. The number of halogens is 6. The summed E-state index contributed by atoms with van der Waals surface area (Å²) in [5, 5.41) is 1.10. The van der Waals surface area contributed by atoms with E-state index >= 15 is 0 Å². The lowest BCUT2D eigenvalue weighted by molar-refractivity contribution is 0.383. The first-order valence-electron chi connectivity index (χ1n) is 7.47. The lowest BCUT2D eigenvalue weighted by Crippen LogP contribution is -2.17. The molecule has 0 fully saturated rings. The van der Waals surface area contributed by atoms with E-state index in [1.807, 2.05) is 31.2 Å². The monoisotopic (exact) mass is 493 g/mol. The molecule has 11 heteroatoms. The number of benzene rings is 1. The topological polar surface area (TPSA) is 47.9 Å². The van der Waals surface area contributed by atoms with Crippen LogP contribution >= 0.6 is 77.8 Å². The molecule has 0 spiro atoms. The van der Waals surface area contributed by atoms with Gasteiger partial charge in [0.1, 0.15) is 0 Å². The van der Waals surface area contributed by atoms with Gasteiger partial charge in [-0.05, 0) is 13.1 Å². The van der Waals surface area contributed by atoms with Crippen LogP contribution in [0.1, 0.15) is 25.5 Å². The molecule has 142 valence electrons. The van der Waals surface area contributed by atoms with Gasteiger partial charge in [0.05, 0.1) is 8.15 Å². The first kappa shape index (κ1) is 22.6. The first-order valence-corrected chi connectivity index (χ1v) is 11.2. The van der Waals surface area contributed by atoms with Crippen molar-refractivity contribution in [3.05, 3.63) is 35.9 Å². The zero-order chi connectivity index (χ0) is 19.5. The van der Waals surface area contributed by atoms with Crippen LogP contribution in [0.5, 0.6) is 0 Å². The van der Waals surface area contributed by atoms with Crippen molar-refractivity contribution in [1.82, 2.24) is 15.0 Å². The van der Waals surface area contributed by atoms with E-state index in [9.17, 15) is 0 Å². The molecule has 0 aliphatic heterocycles. The number of hydrogen-bond acceptors (Lipinski definition) is 4. The van der Waals surface area contributed by atoms with E-state index in [2.05, 4.69) is 21.9 Å². The van der Waals surface area contributed by atoms with Crippen LogP contribution in [0.15, 0.2) is 24.3 Å². The fourth-order valence-corrected chi connectivity index (χ4v) is 4.04. The second kappa shape index (κ2) is 9.24. The van der Waals surface area contributed by atoms with Crippen molar-refractivity contribution in [2.24, 2.45) is 0 Å². The molecule has 2 rings (SSSR count). The van der Waals surface area contributed by atoms with Gasteiger partial charge in [0.15, 0.2) is 17.5 Å². The van der Waals surface area contributed by atoms with Crippen molar-refractivity contribution in [2.75, 3.05) is 12.8 Å². The summed E-state index contributed by atoms with van der Waals surface area (Å²) < 4.78 is 2.01. The third kappa shape index (κ3) is 5.93. The fourth-order valence-electron chi connectivity index (χ4n) is 2.04. The minimum absolute atomic E-state index is 0.122. The van der Waals surface area contributed by atoms with Gasteiger partial charge >= 0.3 is 0 Å². The molecule has 0 saturated carbocycles. The van der Waals surface area contributed by atoms with Gasteiger partial charge in [-0.25, -0.2) is 15.0 Å². The van der Waals surface area contributed by atoms with Gasteiger partial charge in [0.2, 0.25) is 7.59 Å². The van der Waals surface area contributed by atoms with Crippen LogP contribution in [-0.4, -0.2) is 27.7 Å². The van der Waals surface area contributed by atoms with Crippen molar-refractivity contribution < 1.29 is 4.52 Å². The summed E-state index contributed by atoms with van der Waals surface area (Å²) in [6.45, 7) is 4.72. The summed E-state index contributed by atoms with van der Waals surface area (Å²) >= 11 is 35.4. The Labute approximate surface area is 183 Å². The maximum Gasteiger partial charge on any atom is 0.250 e. The summed E-state index contributed by atoms with van der Waals surface area (Å²) in [6.07, 6.45) is 0.920. The molecule has 1 heterocycles. The maximum absolute atomic E-state index is 5.90. The Bertz CT molecular complexity index is 716. The Morgan fingerprint density at radius 3 is 1.73 bits per heavy atom. The fraction of sp³-hybridized carbons (Fsp3) is 0.400. The van der Waals surface area contributed by atoms with Crippen LogP contribution in [-0.2, 0) is 12.1 Å². The van der Waals surface area contributed by atoms with E-state index in [4.69, 9.17) is 74.1 Å². The average molecular weight is 496 g/mol. The largest absolute Gasteiger partial charge is 0.355 e. The molecule has 2 aromatic rings. The zero-order valence-electron chi connectivity index (χ0n) is 13.7. The number of alkyl halides is 6. The molecule has 0 radical (unpaired) electrons. The van der Waals surface area contributed by atoms with E-state index in [1.165, 1.54) is 0 Å². The van der Waals surface area contributed by atoms with Gasteiger partial charge in [0.25, 0.3) is 0 Å². The summed E-state index contributed by atoms with van der Waals surface area (Å²) in [5.74, 6) is -0.00232. The Morgan fingerprint density at radius 2 is 1.35 bits per heavy atom. The molecule has 0 aliphatic rings. The number of rotatable bonds is 5.